The largest absolute Gasteiger partial charge is 0.491 e. The van der Waals surface area contributed by atoms with Gasteiger partial charge in [0.2, 0.25) is 0 Å². The molecule has 0 atom stereocenters. The van der Waals surface area contributed by atoms with E-state index in [1.54, 1.807) is 0 Å². The van der Waals surface area contributed by atoms with Gasteiger partial charge in [-0.3, -0.25) is 4.98 Å². The minimum absolute atomic E-state index is 0.137. The molecule has 0 amide bonds. The summed E-state index contributed by atoms with van der Waals surface area (Å²) < 4.78 is 6.30. The Morgan fingerprint density at radius 1 is 0.879 bits per heavy atom. The van der Waals surface area contributed by atoms with Crippen molar-refractivity contribution in [3.05, 3.63) is 46.6 Å². The average molecular weight is 453 g/mol. The lowest BCUT2D eigenvalue weighted by Crippen LogP contribution is -2.18. The lowest BCUT2D eigenvalue weighted by Gasteiger charge is -2.20. The maximum atomic E-state index is 6.30. The first kappa shape index (κ1) is 27.4. The fourth-order valence-electron chi connectivity index (χ4n) is 4.54. The summed E-state index contributed by atoms with van der Waals surface area (Å²) in [6.45, 7) is 14.9. The second kappa shape index (κ2) is 15.1. The zero-order valence-electron chi connectivity index (χ0n) is 22.2. The Balaban J connectivity index is 2.07. The first-order valence-electron chi connectivity index (χ1n) is 13.5. The van der Waals surface area contributed by atoms with Crippen LogP contribution in [0.15, 0.2) is 24.3 Å². The summed E-state index contributed by atoms with van der Waals surface area (Å²) in [7, 11) is 0. The van der Waals surface area contributed by atoms with Crippen molar-refractivity contribution < 1.29 is 4.74 Å². The smallest absolute Gasteiger partial charge is 0.128 e. The van der Waals surface area contributed by atoms with Gasteiger partial charge in [-0.1, -0.05) is 83.9 Å². The fourth-order valence-corrected chi connectivity index (χ4v) is 4.54. The SMILES string of the molecule is CCCCCCCCCCNCc1c(OC(C)C)cc(-c2c(CC)cccc2CC)nc1C. The van der Waals surface area contributed by atoms with E-state index in [0.29, 0.717) is 0 Å². The zero-order chi connectivity index (χ0) is 24.1. The summed E-state index contributed by atoms with van der Waals surface area (Å²) in [6.07, 6.45) is 13.0. The van der Waals surface area contributed by atoms with Crippen molar-refractivity contribution in [1.29, 1.82) is 0 Å². The van der Waals surface area contributed by atoms with Crippen LogP contribution >= 0.6 is 0 Å². The number of benzene rings is 1. The molecule has 0 fully saturated rings. The number of hydrogen-bond acceptors (Lipinski definition) is 3. The molecule has 0 saturated heterocycles. The highest BCUT2D eigenvalue weighted by Gasteiger charge is 2.17. The predicted octanol–water partition coefficient (Wildman–Crippen LogP) is 8.20. The van der Waals surface area contributed by atoms with Gasteiger partial charge in [0.25, 0.3) is 0 Å². The van der Waals surface area contributed by atoms with Crippen molar-refractivity contribution in [2.75, 3.05) is 6.54 Å². The van der Waals surface area contributed by atoms with E-state index in [1.807, 2.05) is 0 Å². The molecule has 2 rings (SSSR count). The maximum Gasteiger partial charge on any atom is 0.128 e. The van der Waals surface area contributed by atoms with Crippen molar-refractivity contribution >= 4 is 0 Å². The molecular formula is C30H48N2O. The zero-order valence-corrected chi connectivity index (χ0v) is 22.2. The second-order valence-electron chi connectivity index (χ2n) is 9.55. The molecule has 2 aromatic rings. The first-order chi connectivity index (χ1) is 16.0. The van der Waals surface area contributed by atoms with Crippen LogP contribution in [0.2, 0.25) is 0 Å². The van der Waals surface area contributed by atoms with E-state index in [2.05, 4.69) is 71.1 Å². The van der Waals surface area contributed by atoms with E-state index < -0.39 is 0 Å². The maximum absolute atomic E-state index is 6.30. The number of rotatable bonds is 16. The van der Waals surface area contributed by atoms with Crippen molar-refractivity contribution in [2.45, 2.75) is 118 Å². The molecule has 1 aromatic heterocycles. The minimum atomic E-state index is 0.137. The minimum Gasteiger partial charge on any atom is -0.491 e. The Labute approximate surface area is 203 Å². The summed E-state index contributed by atoms with van der Waals surface area (Å²) >= 11 is 0. The number of nitrogens with zero attached hydrogens (tertiary/aromatic N) is 1. The number of aromatic nitrogens is 1. The molecule has 1 N–H and O–H groups in total. The van der Waals surface area contributed by atoms with Gasteiger partial charge in [-0.2, -0.15) is 0 Å². The Hall–Kier alpha value is -1.87. The van der Waals surface area contributed by atoms with E-state index >= 15 is 0 Å². The summed E-state index contributed by atoms with van der Waals surface area (Å²) in [5.41, 5.74) is 7.31. The Morgan fingerprint density at radius 3 is 2.06 bits per heavy atom. The molecule has 0 unspecified atom stereocenters. The summed E-state index contributed by atoms with van der Waals surface area (Å²) in [6, 6.07) is 8.80. The standard InChI is InChI=1S/C30H48N2O/c1-7-10-11-12-13-14-15-16-20-31-22-27-24(6)32-28(21-29(27)33-23(4)5)30-25(8-2)18-17-19-26(30)9-3/h17-19,21,23,31H,7-16,20,22H2,1-6H3. The van der Waals surface area contributed by atoms with Crippen molar-refractivity contribution in [3.8, 4) is 17.0 Å². The molecular weight excluding hydrogens is 404 g/mol. The third kappa shape index (κ3) is 8.77. The molecule has 0 bridgehead atoms. The molecule has 1 heterocycles. The van der Waals surface area contributed by atoms with Gasteiger partial charge < -0.3 is 10.1 Å². The van der Waals surface area contributed by atoms with Gasteiger partial charge in [0.15, 0.2) is 0 Å². The van der Waals surface area contributed by atoms with E-state index in [1.165, 1.54) is 73.6 Å². The summed E-state index contributed by atoms with van der Waals surface area (Å²) in [5.74, 6) is 0.976. The molecule has 0 radical (unpaired) electrons. The first-order valence-corrected chi connectivity index (χ1v) is 13.5. The molecule has 0 aliphatic carbocycles. The molecule has 0 spiro atoms. The monoisotopic (exact) mass is 452 g/mol. The molecule has 3 heteroatoms. The van der Waals surface area contributed by atoms with Crippen LogP contribution in [0.3, 0.4) is 0 Å². The quantitative estimate of drug-likeness (QED) is 0.261. The molecule has 33 heavy (non-hydrogen) atoms. The van der Waals surface area contributed by atoms with Gasteiger partial charge in [0.05, 0.1) is 11.8 Å². The van der Waals surface area contributed by atoms with Gasteiger partial charge in [0.1, 0.15) is 5.75 Å². The molecule has 184 valence electrons. The van der Waals surface area contributed by atoms with Crippen LogP contribution < -0.4 is 10.1 Å². The van der Waals surface area contributed by atoms with Gasteiger partial charge >= 0.3 is 0 Å². The molecule has 0 aliphatic rings. The third-order valence-corrected chi connectivity index (χ3v) is 6.42. The predicted molar refractivity (Wildman–Crippen MR) is 143 cm³/mol. The highest BCUT2D eigenvalue weighted by atomic mass is 16.5. The Kier molecular flexibility index (Phi) is 12.5. The third-order valence-electron chi connectivity index (χ3n) is 6.42. The van der Waals surface area contributed by atoms with Crippen LogP contribution in [0.4, 0.5) is 0 Å². The average Bonchev–Trinajstić information content (AvgIpc) is 2.80. The highest BCUT2D eigenvalue weighted by molar-refractivity contribution is 5.70. The summed E-state index contributed by atoms with van der Waals surface area (Å²) in [4.78, 5) is 5.07. The van der Waals surface area contributed by atoms with Crippen LogP contribution in [0.1, 0.15) is 108 Å². The molecule has 0 saturated carbocycles. The topological polar surface area (TPSA) is 34.1 Å². The van der Waals surface area contributed by atoms with Crippen LogP contribution in [-0.4, -0.2) is 17.6 Å². The van der Waals surface area contributed by atoms with Gasteiger partial charge in [-0.25, -0.2) is 0 Å². The van der Waals surface area contributed by atoms with Crippen molar-refractivity contribution in [1.82, 2.24) is 10.3 Å². The van der Waals surface area contributed by atoms with Crippen LogP contribution in [0.5, 0.6) is 5.75 Å². The number of aryl methyl sites for hydroxylation is 3. The number of ether oxygens (including phenoxy) is 1. The molecule has 3 nitrogen and oxygen atoms in total. The molecule has 0 aliphatic heterocycles. The fraction of sp³-hybridized carbons (Fsp3) is 0.633. The van der Waals surface area contributed by atoms with E-state index in [-0.39, 0.29) is 6.10 Å². The lowest BCUT2D eigenvalue weighted by molar-refractivity contribution is 0.239. The van der Waals surface area contributed by atoms with Crippen LogP contribution in [-0.2, 0) is 19.4 Å². The van der Waals surface area contributed by atoms with E-state index in [9.17, 15) is 0 Å². The van der Waals surface area contributed by atoms with Crippen molar-refractivity contribution in [3.63, 3.8) is 0 Å². The summed E-state index contributed by atoms with van der Waals surface area (Å²) in [5, 5.41) is 3.65. The number of unbranched alkanes of at least 4 members (excludes halogenated alkanes) is 7. The van der Waals surface area contributed by atoms with Crippen molar-refractivity contribution in [2.24, 2.45) is 0 Å². The second-order valence-corrected chi connectivity index (χ2v) is 9.55. The normalized spacial score (nSPS) is 11.4. The molecule has 1 aromatic carbocycles. The Bertz CT molecular complexity index is 806. The number of pyridine rings is 1. The van der Waals surface area contributed by atoms with E-state index in [0.717, 1.165) is 43.1 Å². The Morgan fingerprint density at radius 2 is 1.48 bits per heavy atom. The van der Waals surface area contributed by atoms with Gasteiger partial charge in [-0.05, 0) is 57.7 Å². The number of hydrogen-bond donors (Lipinski definition) is 1. The van der Waals surface area contributed by atoms with E-state index in [4.69, 9.17) is 9.72 Å². The highest BCUT2D eigenvalue weighted by Crippen LogP contribution is 2.33. The van der Waals surface area contributed by atoms with Crippen LogP contribution in [0, 0.1) is 6.92 Å². The number of nitrogens with one attached hydrogen (secondary N) is 1. The lowest BCUT2D eigenvalue weighted by atomic mass is 9.94. The van der Waals surface area contributed by atoms with Crippen LogP contribution in [0.25, 0.3) is 11.3 Å². The van der Waals surface area contributed by atoms with Gasteiger partial charge in [0, 0.05) is 29.4 Å². The van der Waals surface area contributed by atoms with Gasteiger partial charge in [-0.15, -0.1) is 0 Å².